The molecule has 2 unspecified atom stereocenters. The molecule has 0 amide bonds. The van der Waals surface area contributed by atoms with Gasteiger partial charge in [0.1, 0.15) is 11.5 Å². The molecule has 1 aliphatic rings. The highest BCUT2D eigenvalue weighted by Crippen LogP contribution is 2.34. The first-order chi connectivity index (χ1) is 12.5. The third-order valence-electron chi connectivity index (χ3n) is 3.93. The van der Waals surface area contributed by atoms with Crippen LogP contribution in [0.15, 0.2) is 42.5 Å². The maximum absolute atomic E-state index is 12.0. The minimum atomic E-state index is -1.93. The van der Waals surface area contributed by atoms with Gasteiger partial charge < -0.3 is 4.74 Å². The second-order valence-electron chi connectivity index (χ2n) is 5.69. The van der Waals surface area contributed by atoms with Crippen LogP contribution in [0.25, 0.3) is 0 Å². The number of ether oxygens (including phenoxy) is 1. The van der Waals surface area contributed by atoms with Crippen molar-refractivity contribution in [3.8, 4) is 11.5 Å². The number of hydrogen-bond donors (Lipinski definition) is 0. The van der Waals surface area contributed by atoms with Crippen molar-refractivity contribution in [1.82, 2.24) is 4.90 Å². The Hall–Kier alpha value is -1.78. The van der Waals surface area contributed by atoms with Crippen LogP contribution in [0.5, 0.6) is 11.5 Å². The van der Waals surface area contributed by atoms with Gasteiger partial charge in [-0.15, -0.1) is 0 Å². The standard InChI is InChI=1S/C17H20N2O5S2/c1-18-11-13-5-4-6-17(16(13)12-18)24-15-9-7-14(8-10-15)19(25(20)22-2)26(21)23-3/h4-10H,11-12H2,1-3H3. The summed E-state index contributed by atoms with van der Waals surface area (Å²) in [5.74, 6) is 1.44. The largest absolute Gasteiger partial charge is 0.457 e. The van der Waals surface area contributed by atoms with E-state index in [9.17, 15) is 8.42 Å². The van der Waals surface area contributed by atoms with E-state index in [1.807, 2.05) is 12.1 Å². The fourth-order valence-electron chi connectivity index (χ4n) is 2.77. The molecule has 1 aliphatic heterocycles. The summed E-state index contributed by atoms with van der Waals surface area (Å²) in [6.07, 6.45) is 0. The summed E-state index contributed by atoms with van der Waals surface area (Å²) in [6, 6.07) is 12.8. The lowest BCUT2D eigenvalue weighted by atomic mass is 10.1. The maximum atomic E-state index is 12.0. The molecule has 0 radical (unpaired) electrons. The molecule has 26 heavy (non-hydrogen) atoms. The quantitative estimate of drug-likeness (QED) is 0.717. The molecule has 0 spiro atoms. The first-order valence-corrected chi connectivity index (χ1v) is 9.90. The lowest BCUT2D eigenvalue weighted by Gasteiger charge is -2.18. The van der Waals surface area contributed by atoms with Crippen molar-refractivity contribution in [2.75, 3.05) is 25.0 Å². The molecule has 1 heterocycles. The number of anilines is 1. The van der Waals surface area contributed by atoms with Gasteiger partial charge in [0.2, 0.25) is 0 Å². The fourth-order valence-corrected chi connectivity index (χ4v) is 4.39. The van der Waals surface area contributed by atoms with E-state index in [4.69, 9.17) is 13.1 Å². The fraction of sp³-hybridized carbons (Fsp3) is 0.294. The zero-order chi connectivity index (χ0) is 18.7. The molecule has 3 rings (SSSR count). The van der Waals surface area contributed by atoms with Gasteiger partial charge in [0, 0.05) is 18.7 Å². The lowest BCUT2D eigenvalue weighted by molar-refractivity contribution is 0.349. The van der Waals surface area contributed by atoms with E-state index >= 15 is 0 Å². The van der Waals surface area contributed by atoms with Crippen LogP contribution in [-0.4, -0.2) is 34.6 Å². The van der Waals surface area contributed by atoms with Crippen molar-refractivity contribution >= 4 is 28.2 Å². The summed E-state index contributed by atoms with van der Waals surface area (Å²) in [6.45, 7) is 1.75. The SMILES string of the molecule is COS(=O)N(c1ccc(Oc2cccc3c2CN(C)C3)cc1)S(=O)OC. The van der Waals surface area contributed by atoms with Crippen molar-refractivity contribution in [2.24, 2.45) is 0 Å². The Morgan fingerprint density at radius 1 is 0.962 bits per heavy atom. The van der Waals surface area contributed by atoms with Crippen LogP contribution in [0, 0.1) is 0 Å². The first kappa shape index (κ1) is 19.0. The van der Waals surface area contributed by atoms with Gasteiger partial charge in [-0.1, -0.05) is 12.1 Å². The third-order valence-corrected chi connectivity index (χ3v) is 6.19. The Morgan fingerprint density at radius 2 is 1.62 bits per heavy atom. The average Bonchev–Trinajstić information content (AvgIpc) is 3.04. The molecule has 0 bridgehead atoms. The summed E-state index contributed by atoms with van der Waals surface area (Å²) in [5, 5.41) is 0. The van der Waals surface area contributed by atoms with Crippen LogP contribution in [0.4, 0.5) is 5.69 Å². The van der Waals surface area contributed by atoms with E-state index in [0.29, 0.717) is 11.4 Å². The summed E-state index contributed by atoms with van der Waals surface area (Å²) in [7, 11) is 4.60. The molecule has 2 atom stereocenters. The van der Waals surface area contributed by atoms with E-state index < -0.39 is 22.5 Å². The van der Waals surface area contributed by atoms with Crippen molar-refractivity contribution in [2.45, 2.75) is 13.1 Å². The zero-order valence-corrected chi connectivity index (χ0v) is 16.3. The molecular formula is C17H20N2O5S2. The second-order valence-corrected chi connectivity index (χ2v) is 8.18. The smallest absolute Gasteiger partial charge is 0.278 e. The monoisotopic (exact) mass is 396 g/mol. The Balaban J connectivity index is 1.81. The van der Waals surface area contributed by atoms with E-state index in [-0.39, 0.29) is 0 Å². The molecule has 0 saturated heterocycles. The van der Waals surface area contributed by atoms with E-state index in [1.165, 1.54) is 25.3 Å². The normalized spacial score (nSPS) is 16.1. The molecule has 7 nitrogen and oxygen atoms in total. The maximum Gasteiger partial charge on any atom is 0.278 e. The molecule has 140 valence electrons. The van der Waals surface area contributed by atoms with Crippen molar-refractivity contribution in [1.29, 1.82) is 0 Å². The van der Waals surface area contributed by atoms with Crippen LogP contribution in [-0.2, 0) is 44.0 Å². The predicted octanol–water partition coefficient (Wildman–Crippen LogP) is 2.68. The number of nitrogens with zero attached hydrogens (tertiary/aromatic N) is 2. The molecule has 2 aromatic rings. The molecule has 0 saturated carbocycles. The van der Waals surface area contributed by atoms with E-state index in [2.05, 4.69) is 18.0 Å². The highest BCUT2D eigenvalue weighted by Gasteiger charge is 2.22. The van der Waals surface area contributed by atoms with Gasteiger partial charge in [0.25, 0.3) is 22.5 Å². The lowest BCUT2D eigenvalue weighted by Crippen LogP contribution is -2.29. The zero-order valence-electron chi connectivity index (χ0n) is 14.7. The van der Waals surface area contributed by atoms with Crippen LogP contribution in [0.3, 0.4) is 0 Å². The van der Waals surface area contributed by atoms with Gasteiger partial charge in [-0.2, -0.15) is 3.71 Å². The summed E-state index contributed by atoms with van der Waals surface area (Å²) in [4.78, 5) is 2.22. The topological polar surface area (TPSA) is 68.3 Å². The predicted molar refractivity (Wildman–Crippen MR) is 101 cm³/mol. The van der Waals surface area contributed by atoms with Crippen molar-refractivity contribution in [3.05, 3.63) is 53.6 Å². The summed E-state index contributed by atoms with van der Waals surface area (Å²) in [5.41, 5.74) is 2.87. The van der Waals surface area contributed by atoms with Crippen LogP contribution < -0.4 is 8.45 Å². The van der Waals surface area contributed by atoms with Gasteiger partial charge in [-0.05, 0) is 42.9 Å². The Morgan fingerprint density at radius 3 is 2.23 bits per heavy atom. The average molecular weight is 396 g/mol. The van der Waals surface area contributed by atoms with Crippen LogP contribution in [0.1, 0.15) is 11.1 Å². The third kappa shape index (κ3) is 3.97. The van der Waals surface area contributed by atoms with Crippen molar-refractivity contribution in [3.63, 3.8) is 0 Å². The molecular weight excluding hydrogens is 376 g/mol. The Kier molecular flexibility index (Phi) is 6.05. The van der Waals surface area contributed by atoms with Gasteiger partial charge in [-0.3, -0.25) is 13.3 Å². The van der Waals surface area contributed by atoms with Crippen molar-refractivity contribution < 1.29 is 21.5 Å². The van der Waals surface area contributed by atoms with Gasteiger partial charge in [-0.25, -0.2) is 8.42 Å². The Bertz CT molecular complexity index is 812. The number of rotatable bonds is 7. The van der Waals surface area contributed by atoms with Crippen LogP contribution in [0.2, 0.25) is 0 Å². The number of hydrogen-bond acceptors (Lipinski definition) is 6. The molecule has 0 fully saturated rings. The first-order valence-electron chi connectivity index (χ1n) is 7.83. The molecule has 2 aromatic carbocycles. The number of fused-ring (bicyclic) bond motifs is 1. The van der Waals surface area contributed by atoms with Gasteiger partial charge in [0.15, 0.2) is 0 Å². The number of benzene rings is 2. The van der Waals surface area contributed by atoms with E-state index in [0.717, 1.165) is 22.5 Å². The summed E-state index contributed by atoms with van der Waals surface area (Å²) < 4.78 is 40.5. The molecule has 0 aliphatic carbocycles. The highest BCUT2D eigenvalue weighted by molar-refractivity contribution is 7.99. The summed E-state index contributed by atoms with van der Waals surface area (Å²) >= 11 is -3.86. The minimum Gasteiger partial charge on any atom is -0.457 e. The van der Waals surface area contributed by atoms with E-state index in [1.54, 1.807) is 24.3 Å². The molecule has 0 N–H and O–H groups in total. The second kappa shape index (κ2) is 8.28. The van der Waals surface area contributed by atoms with Crippen LogP contribution >= 0.6 is 0 Å². The molecule has 0 aromatic heterocycles. The van der Waals surface area contributed by atoms with Gasteiger partial charge in [0.05, 0.1) is 19.9 Å². The minimum absolute atomic E-state index is 0.427. The highest BCUT2D eigenvalue weighted by atomic mass is 32.3. The Labute approximate surface area is 158 Å². The van der Waals surface area contributed by atoms with Gasteiger partial charge >= 0.3 is 0 Å². The molecule has 9 heteroatoms.